The number of hydrogen-bond donors (Lipinski definition) is 2. The van der Waals surface area contributed by atoms with Gasteiger partial charge in [0.2, 0.25) is 10.0 Å². The molecule has 23 heavy (non-hydrogen) atoms. The van der Waals surface area contributed by atoms with Crippen molar-refractivity contribution in [2.75, 3.05) is 13.1 Å². The predicted octanol–water partition coefficient (Wildman–Crippen LogP) is 0.327. The van der Waals surface area contributed by atoms with Gasteiger partial charge in [0.25, 0.3) is 5.91 Å². The van der Waals surface area contributed by atoms with E-state index < -0.39 is 44.0 Å². The molecule has 0 aliphatic carbocycles. The molecule has 2 N–H and O–H groups in total. The Morgan fingerprint density at radius 1 is 1.13 bits per heavy atom. The minimum atomic E-state index is -4.14. The Morgan fingerprint density at radius 2 is 1.78 bits per heavy atom. The van der Waals surface area contributed by atoms with Crippen molar-refractivity contribution in [1.29, 1.82) is 0 Å². The second kappa shape index (κ2) is 5.24. The number of imide groups is 1. The number of hydrogen-bond acceptors (Lipinski definition) is 4. The molecule has 1 aromatic rings. The van der Waals surface area contributed by atoms with Gasteiger partial charge in [-0.3, -0.25) is 10.1 Å². The van der Waals surface area contributed by atoms with E-state index in [2.05, 4.69) is 10.6 Å². The summed E-state index contributed by atoms with van der Waals surface area (Å²) < 4.78 is 52.6. The molecular formula is C13H13F2N3O4S. The Bertz CT molecular complexity index is 788. The predicted molar refractivity (Wildman–Crippen MR) is 73.8 cm³/mol. The number of sulfonamides is 1. The maximum Gasteiger partial charge on any atom is 0.322 e. The van der Waals surface area contributed by atoms with Crippen LogP contribution in [0, 0.1) is 11.6 Å². The van der Waals surface area contributed by atoms with Gasteiger partial charge in [-0.15, -0.1) is 0 Å². The van der Waals surface area contributed by atoms with Crippen molar-refractivity contribution in [2.24, 2.45) is 0 Å². The molecule has 0 radical (unpaired) electrons. The zero-order valence-electron chi connectivity index (χ0n) is 11.8. The second-order valence-electron chi connectivity index (χ2n) is 5.47. The summed E-state index contributed by atoms with van der Waals surface area (Å²) in [7, 11) is -4.14. The molecule has 2 aliphatic rings. The highest BCUT2D eigenvalue weighted by molar-refractivity contribution is 7.89. The molecule has 2 heterocycles. The van der Waals surface area contributed by atoms with Crippen molar-refractivity contribution >= 4 is 22.0 Å². The van der Waals surface area contributed by atoms with E-state index in [4.69, 9.17) is 0 Å². The summed E-state index contributed by atoms with van der Waals surface area (Å²) in [6, 6.07) is 1.62. The molecule has 2 saturated heterocycles. The molecule has 2 fully saturated rings. The summed E-state index contributed by atoms with van der Waals surface area (Å²) in [6.45, 7) is -0.125. The lowest BCUT2D eigenvalue weighted by atomic mass is 9.89. The van der Waals surface area contributed by atoms with Crippen molar-refractivity contribution in [2.45, 2.75) is 23.3 Å². The van der Waals surface area contributed by atoms with Gasteiger partial charge in [0.1, 0.15) is 22.1 Å². The van der Waals surface area contributed by atoms with Gasteiger partial charge >= 0.3 is 6.03 Å². The number of carbonyl (C=O) groups excluding carboxylic acids is 2. The van der Waals surface area contributed by atoms with Crippen LogP contribution in [0.5, 0.6) is 0 Å². The zero-order valence-corrected chi connectivity index (χ0v) is 12.6. The van der Waals surface area contributed by atoms with E-state index in [-0.39, 0.29) is 25.9 Å². The van der Waals surface area contributed by atoms with E-state index in [1.807, 2.05) is 0 Å². The molecule has 1 aromatic carbocycles. The van der Waals surface area contributed by atoms with Crippen LogP contribution in [0.2, 0.25) is 0 Å². The number of carbonyl (C=O) groups is 2. The van der Waals surface area contributed by atoms with E-state index >= 15 is 0 Å². The Hall–Kier alpha value is -2.07. The average molecular weight is 345 g/mol. The van der Waals surface area contributed by atoms with E-state index in [0.717, 1.165) is 16.4 Å². The lowest BCUT2D eigenvalue weighted by molar-refractivity contribution is -0.125. The minimum Gasteiger partial charge on any atom is -0.323 e. The fourth-order valence-corrected chi connectivity index (χ4v) is 4.30. The highest BCUT2D eigenvalue weighted by atomic mass is 32.2. The fraction of sp³-hybridized carbons (Fsp3) is 0.385. The van der Waals surface area contributed by atoms with Gasteiger partial charge in [-0.2, -0.15) is 4.31 Å². The van der Waals surface area contributed by atoms with Crippen molar-refractivity contribution in [3.8, 4) is 0 Å². The molecule has 0 atom stereocenters. The number of amides is 3. The summed E-state index contributed by atoms with van der Waals surface area (Å²) in [6.07, 6.45) is 0.152. The maximum absolute atomic E-state index is 13.7. The molecular weight excluding hydrogens is 332 g/mol. The van der Waals surface area contributed by atoms with Crippen molar-refractivity contribution in [3.05, 3.63) is 29.8 Å². The first kappa shape index (κ1) is 15.8. The summed E-state index contributed by atoms with van der Waals surface area (Å²) in [5.74, 6) is -2.53. The van der Waals surface area contributed by atoms with Crippen LogP contribution in [0.25, 0.3) is 0 Å². The van der Waals surface area contributed by atoms with Gasteiger partial charge in [0, 0.05) is 19.2 Å². The largest absolute Gasteiger partial charge is 0.323 e. The highest BCUT2D eigenvalue weighted by Gasteiger charge is 2.49. The molecule has 1 spiro atoms. The van der Waals surface area contributed by atoms with Gasteiger partial charge < -0.3 is 5.32 Å². The first-order valence-corrected chi connectivity index (χ1v) is 8.27. The summed E-state index contributed by atoms with van der Waals surface area (Å²) >= 11 is 0. The normalized spacial score (nSPS) is 21.3. The van der Waals surface area contributed by atoms with Crippen molar-refractivity contribution in [3.63, 3.8) is 0 Å². The van der Waals surface area contributed by atoms with Crippen LogP contribution in [-0.4, -0.2) is 43.3 Å². The van der Waals surface area contributed by atoms with Crippen LogP contribution in [0.4, 0.5) is 13.6 Å². The third kappa shape index (κ3) is 2.57. The monoisotopic (exact) mass is 345 g/mol. The van der Waals surface area contributed by atoms with Gasteiger partial charge in [-0.05, 0) is 25.0 Å². The first-order chi connectivity index (χ1) is 10.7. The summed E-state index contributed by atoms with van der Waals surface area (Å²) in [4.78, 5) is 22.4. The van der Waals surface area contributed by atoms with E-state index in [0.29, 0.717) is 6.07 Å². The number of benzene rings is 1. The molecule has 3 rings (SSSR count). The third-order valence-corrected chi connectivity index (χ3v) is 6.03. The van der Waals surface area contributed by atoms with Crippen LogP contribution in [0.1, 0.15) is 12.8 Å². The minimum absolute atomic E-state index is 0.0626. The Kier molecular flexibility index (Phi) is 3.60. The van der Waals surface area contributed by atoms with E-state index in [1.54, 1.807) is 0 Å². The van der Waals surface area contributed by atoms with Crippen molar-refractivity contribution in [1.82, 2.24) is 14.9 Å². The van der Waals surface area contributed by atoms with Gasteiger partial charge in [-0.1, -0.05) is 0 Å². The number of urea groups is 1. The average Bonchev–Trinajstić information content (AvgIpc) is 2.73. The SMILES string of the molecule is O=C1NC(=O)C2(CCN(S(=O)(=O)c3ccc(F)cc3F)CC2)N1. The standard InChI is InChI=1S/C13H13F2N3O4S/c14-8-1-2-10(9(15)7-8)23(21,22)18-5-3-13(4-6-18)11(19)16-12(20)17-13/h1-2,7H,3-6H2,(H2,16,17,19,20). The van der Waals surface area contributed by atoms with Crippen molar-refractivity contribution < 1.29 is 26.8 Å². The highest BCUT2D eigenvalue weighted by Crippen LogP contribution is 2.29. The second-order valence-corrected chi connectivity index (χ2v) is 7.38. The summed E-state index contributed by atoms with van der Waals surface area (Å²) in [5.41, 5.74) is -1.12. The van der Waals surface area contributed by atoms with Gasteiger partial charge in [0.05, 0.1) is 0 Å². The van der Waals surface area contributed by atoms with Crippen LogP contribution < -0.4 is 10.6 Å². The topological polar surface area (TPSA) is 95.6 Å². The van der Waals surface area contributed by atoms with E-state index in [1.165, 1.54) is 0 Å². The van der Waals surface area contributed by atoms with E-state index in [9.17, 15) is 26.8 Å². The molecule has 7 nitrogen and oxygen atoms in total. The third-order valence-electron chi connectivity index (χ3n) is 4.10. The number of nitrogens with zero attached hydrogens (tertiary/aromatic N) is 1. The molecule has 0 unspecified atom stereocenters. The summed E-state index contributed by atoms with van der Waals surface area (Å²) in [5, 5.41) is 4.62. The van der Waals surface area contributed by atoms with Gasteiger partial charge in [0.15, 0.2) is 0 Å². The molecule has 124 valence electrons. The molecule has 10 heteroatoms. The zero-order chi connectivity index (χ0) is 16.8. The smallest absolute Gasteiger partial charge is 0.322 e. The van der Waals surface area contributed by atoms with Crippen LogP contribution in [0.3, 0.4) is 0 Å². The lowest BCUT2D eigenvalue weighted by Gasteiger charge is -2.36. The Labute approximate surface area is 130 Å². The first-order valence-electron chi connectivity index (χ1n) is 6.83. The van der Waals surface area contributed by atoms with Crippen LogP contribution >= 0.6 is 0 Å². The molecule has 0 aromatic heterocycles. The number of rotatable bonds is 2. The number of nitrogens with one attached hydrogen (secondary N) is 2. The van der Waals surface area contributed by atoms with Crippen LogP contribution in [-0.2, 0) is 14.8 Å². The van der Waals surface area contributed by atoms with Crippen LogP contribution in [0.15, 0.2) is 23.1 Å². The molecule has 0 bridgehead atoms. The number of piperidine rings is 1. The Balaban J connectivity index is 1.82. The maximum atomic E-state index is 13.7. The van der Waals surface area contributed by atoms with Gasteiger partial charge in [-0.25, -0.2) is 22.0 Å². The molecule has 3 amide bonds. The number of halogens is 2. The molecule has 0 saturated carbocycles. The lowest BCUT2D eigenvalue weighted by Crippen LogP contribution is -2.55. The quantitative estimate of drug-likeness (QED) is 0.755. The molecule has 2 aliphatic heterocycles. The fourth-order valence-electron chi connectivity index (χ4n) is 2.81. The Morgan fingerprint density at radius 3 is 2.30 bits per heavy atom.